The second-order valence-electron chi connectivity index (χ2n) is 4.11. The van der Waals surface area contributed by atoms with E-state index in [1.54, 1.807) is 36.7 Å². The van der Waals surface area contributed by atoms with Gasteiger partial charge < -0.3 is 4.42 Å². The Kier molecular flexibility index (Phi) is 2.72. The van der Waals surface area contributed by atoms with Crippen LogP contribution in [0.5, 0.6) is 0 Å². The third kappa shape index (κ3) is 2.06. The van der Waals surface area contributed by atoms with Crippen molar-refractivity contribution < 1.29 is 4.42 Å². The molecule has 2 aromatic heterocycles. The molecule has 0 aliphatic carbocycles. The van der Waals surface area contributed by atoms with Crippen molar-refractivity contribution in [3.8, 4) is 0 Å². The van der Waals surface area contributed by atoms with E-state index < -0.39 is 11.4 Å². The quantitative estimate of drug-likeness (QED) is 0.693. The standard InChI is InChI=1S/C14H10N2O3/c17-13-11-3-1-2-4-12(11)16(14(18)19-13)9-10-5-7-15-8-6-10/h1-8H,9H2. The molecule has 0 N–H and O–H groups in total. The Balaban J connectivity index is 2.24. The molecular weight excluding hydrogens is 244 g/mol. The Morgan fingerprint density at radius 2 is 1.79 bits per heavy atom. The monoisotopic (exact) mass is 254 g/mol. The van der Waals surface area contributed by atoms with Gasteiger partial charge in [0, 0.05) is 12.4 Å². The van der Waals surface area contributed by atoms with E-state index in [9.17, 15) is 9.59 Å². The van der Waals surface area contributed by atoms with Crippen LogP contribution < -0.4 is 11.4 Å². The van der Waals surface area contributed by atoms with Gasteiger partial charge in [-0.2, -0.15) is 0 Å². The first-order chi connectivity index (χ1) is 9.25. The molecule has 1 aromatic carbocycles. The first-order valence-corrected chi connectivity index (χ1v) is 5.77. The highest BCUT2D eigenvalue weighted by molar-refractivity contribution is 5.77. The van der Waals surface area contributed by atoms with E-state index in [2.05, 4.69) is 4.98 Å². The van der Waals surface area contributed by atoms with Crippen LogP contribution in [0.25, 0.3) is 10.9 Å². The molecule has 0 amide bonds. The summed E-state index contributed by atoms with van der Waals surface area (Å²) in [6, 6.07) is 10.5. The lowest BCUT2D eigenvalue weighted by molar-refractivity contribution is 0.425. The number of fused-ring (bicyclic) bond motifs is 1. The van der Waals surface area contributed by atoms with Gasteiger partial charge in [0.25, 0.3) is 0 Å². The fourth-order valence-electron chi connectivity index (χ4n) is 1.99. The van der Waals surface area contributed by atoms with Crippen LogP contribution >= 0.6 is 0 Å². The number of hydrogen-bond donors (Lipinski definition) is 0. The van der Waals surface area contributed by atoms with Crippen molar-refractivity contribution in [2.45, 2.75) is 6.54 Å². The molecular formula is C14H10N2O3. The number of nitrogens with zero attached hydrogens (tertiary/aromatic N) is 2. The Morgan fingerprint density at radius 1 is 1.05 bits per heavy atom. The van der Waals surface area contributed by atoms with Crippen molar-refractivity contribution >= 4 is 10.9 Å². The van der Waals surface area contributed by atoms with Crippen molar-refractivity contribution in [1.29, 1.82) is 0 Å². The normalized spacial score (nSPS) is 10.7. The van der Waals surface area contributed by atoms with Crippen molar-refractivity contribution in [2.24, 2.45) is 0 Å². The highest BCUT2D eigenvalue weighted by Crippen LogP contribution is 2.09. The van der Waals surface area contributed by atoms with Crippen LogP contribution in [-0.2, 0) is 6.54 Å². The molecule has 0 radical (unpaired) electrons. The van der Waals surface area contributed by atoms with Crippen LogP contribution in [0.15, 0.2) is 62.8 Å². The number of hydrogen-bond acceptors (Lipinski definition) is 4. The summed E-state index contributed by atoms with van der Waals surface area (Å²) >= 11 is 0. The Hall–Kier alpha value is -2.69. The van der Waals surface area contributed by atoms with Crippen LogP contribution in [0.2, 0.25) is 0 Å². The molecule has 3 aromatic rings. The van der Waals surface area contributed by atoms with Crippen LogP contribution in [-0.4, -0.2) is 9.55 Å². The van der Waals surface area contributed by atoms with E-state index in [0.29, 0.717) is 17.4 Å². The molecule has 3 rings (SSSR count). The van der Waals surface area contributed by atoms with Crippen LogP contribution in [0, 0.1) is 0 Å². The van der Waals surface area contributed by atoms with Crippen LogP contribution in [0.3, 0.4) is 0 Å². The topological polar surface area (TPSA) is 65.1 Å². The fraction of sp³-hybridized carbons (Fsp3) is 0.0714. The van der Waals surface area contributed by atoms with Gasteiger partial charge in [-0.15, -0.1) is 0 Å². The molecule has 2 heterocycles. The van der Waals surface area contributed by atoms with E-state index in [0.717, 1.165) is 5.56 Å². The van der Waals surface area contributed by atoms with E-state index in [4.69, 9.17) is 4.42 Å². The first kappa shape index (κ1) is 11.4. The van der Waals surface area contributed by atoms with Crippen LogP contribution in [0.4, 0.5) is 0 Å². The van der Waals surface area contributed by atoms with Gasteiger partial charge in [-0.25, -0.2) is 9.59 Å². The molecule has 0 aliphatic heterocycles. The molecule has 0 atom stereocenters. The number of rotatable bonds is 2. The maximum atomic E-state index is 11.8. The molecule has 5 heteroatoms. The molecule has 0 saturated heterocycles. The highest BCUT2D eigenvalue weighted by atomic mass is 16.4. The summed E-state index contributed by atoms with van der Waals surface area (Å²) < 4.78 is 6.17. The summed E-state index contributed by atoms with van der Waals surface area (Å²) in [4.78, 5) is 27.4. The lowest BCUT2D eigenvalue weighted by Crippen LogP contribution is -2.25. The Morgan fingerprint density at radius 3 is 2.58 bits per heavy atom. The highest BCUT2D eigenvalue weighted by Gasteiger charge is 2.08. The average molecular weight is 254 g/mol. The predicted octanol–water partition coefficient (Wildman–Crippen LogP) is 1.40. The summed E-state index contributed by atoms with van der Waals surface area (Å²) in [5.74, 6) is -0.652. The number of para-hydroxylation sites is 1. The minimum absolute atomic E-state index is 0.339. The van der Waals surface area contributed by atoms with Gasteiger partial charge in [-0.1, -0.05) is 12.1 Å². The fourth-order valence-corrected chi connectivity index (χ4v) is 1.99. The third-order valence-corrected chi connectivity index (χ3v) is 2.91. The SMILES string of the molecule is O=c1oc(=O)n(Cc2ccncc2)c2ccccc12. The van der Waals surface area contributed by atoms with Crippen molar-refractivity contribution in [3.63, 3.8) is 0 Å². The maximum Gasteiger partial charge on any atom is 0.422 e. The zero-order chi connectivity index (χ0) is 13.2. The van der Waals surface area contributed by atoms with E-state index >= 15 is 0 Å². The van der Waals surface area contributed by atoms with Gasteiger partial charge in [0.15, 0.2) is 0 Å². The minimum Gasteiger partial charge on any atom is -0.372 e. The van der Waals surface area contributed by atoms with Gasteiger partial charge in [-0.3, -0.25) is 9.55 Å². The zero-order valence-corrected chi connectivity index (χ0v) is 9.95. The molecule has 19 heavy (non-hydrogen) atoms. The Labute approximate surface area is 107 Å². The second-order valence-corrected chi connectivity index (χ2v) is 4.11. The number of benzene rings is 1. The number of aromatic nitrogens is 2. The molecule has 94 valence electrons. The minimum atomic E-state index is -0.652. The summed E-state index contributed by atoms with van der Waals surface area (Å²) in [5, 5.41) is 0.399. The molecule has 0 unspecified atom stereocenters. The van der Waals surface area contributed by atoms with Crippen molar-refractivity contribution in [2.75, 3.05) is 0 Å². The summed E-state index contributed by atoms with van der Waals surface area (Å²) in [6.45, 7) is 0.339. The summed E-state index contributed by atoms with van der Waals surface area (Å²) in [7, 11) is 0. The van der Waals surface area contributed by atoms with Gasteiger partial charge in [0.2, 0.25) is 0 Å². The Bertz CT molecular complexity index is 834. The third-order valence-electron chi connectivity index (χ3n) is 2.91. The second kappa shape index (κ2) is 4.53. The van der Waals surface area contributed by atoms with Crippen LogP contribution in [0.1, 0.15) is 5.56 Å². The lowest BCUT2D eigenvalue weighted by atomic mass is 10.2. The lowest BCUT2D eigenvalue weighted by Gasteiger charge is -2.07. The van der Waals surface area contributed by atoms with Crippen molar-refractivity contribution in [1.82, 2.24) is 9.55 Å². The molecule has 0 spiro atoms. The van der Waals surface area contributed by atoms with E-state index in [1.165, 1.54) is 4.57 Å². The molecule has 5 nitrogen and oxygen atoms in total. The molecule has 0 fully saturated rings. The smallest absolute Gasteiger partial charge is 0.372 e. The predicted molar refractivity (Wildman–Crippen MR) is 70.1 cm³/mol. The van der Waals surface area contributed by atoms with E-state index in [-0.39, 0.29) is 0 Å². The molecule has 0 saturated carbocycles. The molecule has 0 bridgehead atoms. The molecule has 0 aliphatic rings. The van der Waals surface area contributed by atoms with Crippen molar-refractivity contribution in [3.05, 3.63) is 75.3 Å². The summed E-state index contributed by atoms with van der Waals surface area (Å²) in [6.07, 6.45) is 3.31. The average Bonchev–Trinajstić information content (AvgIpc) is 2.45. The number of pyridine rings is 1. The maximum absolute atomic E-state index is 11.8. The van der Waals surface area contributed by atoms with Gasteiger partial charge >= 0.3 is 11.4 Å². The summed E-state index contributed by atoms with van der Waals surface area (Å²) in [5.41, 5.74) is 0.878. The van der Waals surface area contributed by atoms with Gasteiger partial charge in [0.05, 0.1) is 17.4 Å². The van der Waals surface area contributed by atoms with E-state index in [1.807, 2.05) is 12.1 Å². The first-order valence-electron chi connectivity index (χ1n) is 5.77. The van der Waals surface area contributed by atoms with Gasteiger partial charge in [-0.05, 0) is 29.8 Å². The largest absolute Gasteiger partial charge is 0.422 e. The zero-order valence-electron chi connectivity index (χ0n) is 9.95. The van der Waals surface area contributed by atoms with Gasteiger partial charge in [0.1, 0.15) is 0 Å².